The minimum atomic E-state index is 0.242. The van der Waals surface area contributed by atoms with Crippen LogP contribution in [0.3, 0.4) is 0 Å². The predicted octanol–water partition coefficient (Wildman–Crippen LogP) is 1.69. The van der Waals surface area contributed by atoms with Crippen LogP contribution < -0.4 is 4.90 Å². The summed E-state index contributed by atoms with van der Waals surface area (Å²) in [7, 11) is 3.75. The summed E-state index contributed by atoms with van der Waals surface area (Å²) in [6.45, 7) is 5.06. The van der Waals surface area contributed by atoms with Gasteiger partial charge in [-0.05, 0) is 30.9 Å². The van der Waals surface area contributed by atoms with Crippen molar-refractivity contribution in [3.05, 3.63) is 30.3 Å². The van der Waals surface area contributed by atoms with Gasteiger partial charge in [0.05, 0.1) is 13.2 Å². The minimum absolute atomic E-state index is 0.242. The molecule has 5 nitrogen and oxygen atoms in total. The number of anilines is 1. The number of amides is 1. The van der Waals surface area contributed by atoms with E-state index in [4.69, 9.17) is 4.74 Å². The molecule has 24 heavy (non-hydrogen) atoms. The quantitative estimate of drug-likeness (QED) is 0.795. The van der Waals surface area contributed by atoms with Crippen LogP contribution in [0.2, 0.25) is 0 Å². The van der Waals surface area contributed by atoms with Crippen LogP contribution in [-0.2, 0) is 9.53 Å². The van der Waals surface area contributed by atoms with Gasteiger partial charge in [-0.25, -0.2) is 0 Å². The van der Waals surface area contributed by atoms with Crippen LogP contribution in [0.1, 0.15) is 12.8 Å². The molecule has 0 spiro atoms. The molecule has 0 aliphatic carbocycles. The first-order valence-corrected chi connectivity index (χ1v) is 8.94. The molecule has 4 rings (SSSR count). The molecule has 132 valence electrons. The number of rotatable bonds is 6. The van der Waals surface area contributed by atoms with Gasteiger partial charge in [-0.3, -0.25) is 9.69 Å². The van der Waals surface area contributed by atoms with Crippen molar-refractivity contribution >= 4 is 11.6 Å². The summed E-state index contributed by atoms with van der Waals surface area (Å²) < 4.78 is 5.24. The molecule has 1 amide bonds. The second-order valence-electron chi connectivity index (χ2n) is 7.08. The van der Waals surface area contributed by atoms with Gasteiger partial charge < -0.3 is 14.5 Å². The number of hydrogen-bond donors (Lipinski definition) is 0. The number of benzene rings is 1. The number of fused-ring (bicyclic) bond motifs is 4. The number of methoxy groups -OCH3 is 1. The topological polar surface area (TPSA) is 36.0 Å². The summed E-state index contributed by atoms with van der Waals surface area (Å²) in [6, 6.07) is 10.6. The molecule has 0 radical (unpaired) electrons. The Morgan fingerprint density at radius 1 is 1.21 bits per heavy atom. The fourth-order valence-corrected chi connectivity index (χ4v) is 3.94. The van der Waals surface area contributed by atoms with Crippen LogP contribution >= 0.6 is 0 Å². The molecule has 1 aromatic carbocycles. The van der Waals surface area contributed by atoms with Gasteiger partial charge >= 0.3 is 0 Å². The first-order chi connectivity index (χ1) is 11.7. The maximum atomic E-state index is 12.8. The standard InChI is InChI=1S/C19H29N3O2/c1-20(17-6-4-3-5-7-17)15-19(23)22-13-16-8-9-18(14-22)21(12-16)10-11-24-2/h3-7,16,18H,8-15H2,1-2H3/t16-,18-/m0/s1. The fraction of sp³-hybridized carbons (Fsp3) is 0.632. The number of likely N-dealkylation sites (N-methyl/N-ethyl adjacent to an activating group) is 1. The third-order valence-corrected chi connectivity index (χ3v) is 5.33. The van der Waals surface area contributed by atoms with Crippen LogP contribution in [-0.4, -0.2) is 75.2 Å². The number of piperidine rings is 1. The molecule has 2 atom stereocenters. The van der Waals surface area contributed by atoms with Gasteiger partial charge in [0.2, 0.25) is 5.91 Å². The van der Waals surface area contributed by atoms with Gasteiger partial charge in [0.15, 0.2) is 0 Å². The lowest BCUT2D eigenvalue weighted by molar-refractivity contribution is -0.130. The van der Waals surface area contributed by atoms with E-state index in [-0.39, 0.29) is 5.91 Å². The molecule has 1 aromatic rings. The molecule has 0 unspecified atom stereocenters. The number of ether oxygens (including phenoxy) is 1. The Morgan fingerprint density at radius 2 is 2.00 bits per heavy atom. The molecule has 3 aliphatic rings. The second kappa shape index (κ2) is 7.99. The zero-order chi connectivity index (χ0) is 16.9. The molecule has 3 fully saturated rings. The van der Waals surface area contributed by atoms with Crippen molar-refractivity contribution in [2.75, 3.05) is 58.4 Å². The third-order valence-electron chi connectivity index (χ3n) is 5.33. The molecule has 3 heterocycles. The molecule has 0 saturated carbocycles. The smallest absolute Gasteiger partial charge is 0.242 e. The highest BCUT2D eigenvalue weighted by molar-refractivity contribution is 5.81. The van der Waals surface area contributed by atoms with Crippen LogP contribution in [0, 0.1) is 5.92 Å². The van der Waals surface area contributed by atoms with Crippen LogP contribution in [0.15, 0.2) is 30.3 Å². The number of para-hydroxylation sites is 1. The maximum absolute atomic E-state index is 12.8. The van der Waals surface area contributed by atoms with E-state index < -0.39 is 0 Å². The van der Waals surface area contributed by atoms with Crippen molar-refractivity contribution in [2.45, 2.75) is 18.9 Å². The number of carbonyl (C=O) groups is 1. The van der Waals surface area contributed by atoms with Crippen LogP contribution in [0.4, 0.5) is 5.69 Å². The Bertz CT molecular complexity index is 537. The summed E-state index contributed by atoms with van der Waals surface area (Å²) >= 11 is 0. The van der Waals surface area contributed by atoms with Gasteiger partial charge in [0.25, 0.3) is 0 Å². The highest BCUT2D eigenvalue weighted by Gasteiger charge is 2.36. The molecular formula is C19H29N3O2. The van der Waals surface area contributed by atoms with E-state index in [0.29, 0.717) is 18.5 Å². The number of carbonyl (C=O) groups excluding carboxylic acids is 1. The summed E-state index contributed by atoms with van der Waals surface area (Å²) in [5, 5.41) is 0. The fourth-order valence-electron chi connectivity index (χ4n) is 3.94. The van der Waals surface area contributed by atoms with Gasteiger partial charge in [0.1, 0.15) is 0 Å². The Morgan fingerprint density at radius 3 is 2.75 bits per heavy atom. The lowest BCUT2D eigenvalue weighted by Gasteiger charge is -2.35. The molecule has 2 bridgehead atoms. The predicted molar refractivity (Wildman–Crippen MR) is 96.3 cm³/mol. The van der Waals surface area contributed by atoms with Crippen molar-refractivity contribution in [2.24, 2.45) is 5.92 Å². The number of hydrogen-bond acceptors (Lipinski definition) is 4. The Kier molecular flexibility index (Phi) is 5.74. The first kappa shape index (κ1) is 17.2. The van der Waals surface area contributed by atoms with Crippen LogP contribution in [0.5, 0.6) is 0 Å². The molecular weight excluding hydrogens is 302 g/mol. The van der Waals surface area contributed by atoms with Crippen LogP contribution in [0.25, 0.3) is 0 Å². The van der Waals surface area contributed by atoms with E-state index in [1.54, 1.807) is 7.11 Å². The summed E-state index contributed by atoms with van der Waals surface area (Å²) in [5.41, 5.74) is 1.09. The second-order valence-corrected chi connectivity index (χ2v) is 7.08. The Labute approximate surface area is 145 Å². The molecule has 0 N–H and O–H groups in total. The highest BCUT2D eigenvalue weighted by Crippen LogP contribution is 2.28. The zero-order valence-electron chi connectivity index (χ0n) is 14.9. The van der Waals surface area contributed by atoms with E-state index in [0.717, 1.165) is 38.5 Å². The van der Waals surface area contributed by atoms with Gasteiger partial charge in [0, 0.05) is 52.1 Å². The van der Waals surface area contributed by atoms with Crippen molar-refractivity contribution in [1.29, 1.82) is 0 Å². The third kappa shape index (κ3) is 4.08. The average Bonchev–Trinajstić information content (AvgIpc) is 2.92. The molecule has 0 aromatic heterocycles. The summed E-state index contributed by atoms with van der Waals surface area (Å²) in [4.78, 5) is 19.5. The van der Waals surface area contributed by atoms with E-state index >= 15 is 0 Å². The SMILES string of the molecule is COCCN1C[C@@H]2CC[C@H]1CN(C(=O)CN(C)c1ccccc1)C2. The lowest BCUT2D eigenvalue weighted by Crippen LogP contribution is -2.46. The van der Waals surface area contributed by atoms with Crippen molar-refractivity contribution in [3.8, 4) is 0 Å². The van der Waals surface area contributed by atoms with E-state index in [2.05, 4.69) is 9.80 Å². The van der Waals surface area contributed by atoms with E-state index in [1.165, 1.54) is 12.8 Å². The van der Waals surface area contributed by atoms with E-state index in [1.807, 2.05) is 42.3 Å². The Hall–Kier alpha value is -1.59. The van der Waals surface area contributed by atoms with Crippen molar-refractivity contribution in [3.63, 3.8) is 0 Å². The van der Waals surface area contributed by atoms with E-state index in [9.17, 15) is 4.79 Å². The van der Waals surface area contributed by atoms with Gasteiger partial charge in [-0.1, -0.05) is 18.2 Å². The minimum Gasteiger partial charge on any atom is -0.383 e. The lowest BCUT2D eigenvalue weighted by atomic mass is 9.95. The maximum Gasteiger partial charge on any atom is 0.242 e. The first-order valence-electron chi connectivity index (χ1n) is 8.94. The summed E-state index contributed by atoms with van der Waals surface area (Å²) in [6.07, 6.45) is 2.44. The Balaban J connectivity index is 1.60. The zero-order valence-corrected chi connectivity index (χ0v) is 14.9. The molecule has 3 aliphatic heterocycles. The monoisotopic (exact) mass is 331 g/mol. The highest BCUT2D eigenvalue weighted by atomic mass is 16.5. The molecule has 5 heteroatoms. The average molecular weight is 331 g/mol. The van der Waals surface area contributed by atoms with Gasteiger partial charge in [-0.15, -0.1) is 0 Å². The van der Waals surface area contributed by atoms with Crippen molar-refractivity contribution < 1.29 is 9.53 Å². The normalized spacial score (nSPS) is 24.0. The van der Waals surface area contributed by atoms with Gasteiger partial charge in [-0.2, -0.15) is 0 Å². The largest absolute Gasteiger partial charge is 0.383 e. The van der Waals surface area contributed by atoms with Crippen molar-refractivity contribution in [1.82, 2.24) is 9.80 Å². The molecule has 3 saturated heterocycles. The summed E-state index contributed by atoms with van der Waals surface area (Å²) in [5.74, 6) is 0.846. The number of nitrogens with zero attached hydrogens (tertiary/aromatic N) is 3.